The number of H-pyrrole nitrogens is 1. The van der Waals surface area contributed by atoms with Gasteiger partial charge in [-0.1, -0.05) is 29.3 Å². The predicted octanol–water partition coefficient (Wildman–Crippen LogP) is 6.02. The summed E-state index contributed by atoms with van der Waals surface area (Å²) in [6.07, 6.45) is 1.72. The van der Waals surface area contributed by atoms with Gasteiger partial charge in [0.15, 0.2) is 11.6 Å². The van der Waals surface area contributed by atoms with Gasteiger partial charge in [0.2, 0.25) is 5.91 Å². The Morgan fingerprint density at radius 2 is 1.97 bits per heavy atom. The van der Waals surface area contributed by atoms with Crippen LogP contribution in [0.25, 0.3) is 22.0 Å². The largest absolute Gasteiger partial charge is 0.482 e. The first-order chi connectivity index (χ1) is 17.9. The smallest absolute Gasteiger partial charge is 0.242 e. The number of nitrogens with one attached hydrogen (secondary N) is 1. The maximum atomic E-state index is 14.1. The van der Waals surface area contributed by atoms with Gasteiger partial charge in [0, 0.05) is 64.0 Å². The number of hydrogen-bond acceptors (Lipinski definition) is 5. The Morgan fingerprint density at radius 3 is 2.71 bits per heavy atom. The molecule has 1 atom stereocenters. The molecule has 0 spiro atoms. The Morgan fingerprint density at radius 1 is 1.21 bits per heavy atom. The fourth-order valence-electron chi connectivity index (χ4n) is 4.85. The van der Waals surface area contributed by atoms with Gasteiger partial charge in [-0.25, -0.2) is 9.37 Å². The van der Waals surface area contributed by atoms with E-state index in [9.17, 15) is 9.18 Å². The third-order valence-corrected chi connectivity index (χ3v) is 7.53. The number of nitrogens with two attached hydrogens (primary N) is 2. The summed E-state index contributed by atoms with van der Waals surface area (Å²) < 4.78 is 20.1. The molecule has 1 amide bonds. The molecule has 2 aromatic carbocycles. The molecule has 38 heavy (non-hydrogen) atoms. The molecule has 0 saturated heterocycles. The molecule has 7 nitrogen and oxygen atoms in total. The van der Waals surface area contributed by atoms with E-state index in [0.717, 1.165) is 39.7 Å². The summed E-state index contributed by atoms with van der Waals surface area (Å²) in [4.78, 5) is 22.4. The van der Waals surface area contributed by atoms with Gasteiger partial charge in [-0.15, -0.1) is 0 Å². The lowest BCUT2D eigenvalue weighted by Crippen LogP contribution is -2.52. The first-order valence-electron chi connectivity index (χ1n) is 12.2. The molecule has 1 aliphatic rings. The number of carbonyl (C=O) groups excluding carboxylic acids is 1. The summed E-state index contributed by atoms with van der Waals surface area (Å²) in [7, 11) is 0. The molecule has 0 aliphatic carbocycles. The highest BCUT2D eigenvalue weighted by Gasteiger charge is 2.31. The zero-order chi connectivity index (χ0) is 27.4. The summed E-state index contributed by atoms with van der Waals surface area (Å²) >= 11 is 12.4. The van der Waals surface area contributed by atoms with Crippen LogP contribution in [0.4, 0.5) is 10.2 Å². The molecule has 0 fully saturated rings. The van der Waals surface area contributed by atoms with Crippen molar-refractivity contribution in [1.82, 2.24) is 14.9 Å². The van der Waals surface area contributed by atoms with E-state index in [1.54, 1.807) is 33.0 Å². The number of nitrogen functional groups attached to an aromatic ring is 1. The first-order valence-corrected chi connectivity index (χ1v) is 13.0. The fraction of sp³-hybridized carbons (Fsp3) is 0.286. The quantitative estimate of drug-likeness (QED) is 0.261. The number of rotatable bonds is 5. The molecule has 0 bridgehead atoms. The number of benzene rings is 2. The molecular weight excluding hydrogens is 528 g/mol. The van der Waals surface area contributed by atoms with Gasteiger partial charge in [0.1, 0.15) is 11.9 Å². The second kappa shape index (κ2) is 9.76. The number of ether oxygens (including phenoxy) is 1. The highest BCUT2D eigenvalue weighted by molar-refractivity contribution is 6.36. The number of pyridine rings is 1. The van der Waals surface area contributed by atoms with Crippen LogP contribution in [-0.2, 0) is 17.8 Å². The van der Waals surface area contributed by atoms with Crippen LogP contribution in [0, 0.1) is 5.82 Å². The minimum absolute atomic E-state index is 0.0780. The minimum Gasteiger partial charge on any atom is -0.482 e. The number of anilines is 1. The number of aromatic nitrogens is 2. The Kier molecular flexibility index (Phi) is 6.75. The number of amides is 1. The second-order valence-corrected chi connectivity index (χ2v) is 11.0. The maximum Gasteiger partial charge on any atom is 0.242 e. The van der Waals surface area contributed by atoms with Gasteiger partial charge in [-0.2, -0.15) is 0 Å². The Labute approximate surface area is 229 Å². The van der Waals surface area contributed by atoms with Crippen LogP contribution < -0.4 is 16.2 Å². The average molecular weight is 556 g/mol. The van der Waals surface area contributed by atoms with Gasteiger partial charge in [-0.05, 0) is 56.7 Å². The highest BCUT2D eigenvalue weighted by Crippen LogP contribution is 2.38. The van der Waals surface area contributed by atoms with E-state index in [0.29, 0.717) is 29.4 Å². The van der Waals surface area contributed by atoms with Crippen LogP contribution in [0.2, 0.25) is 10.0 Å². The van der Waals surface area contributed by atoms with Gasteiger partial charge >= 0.3 is 0 Å². The van der Waals surface area contributed by atoms with Crippen molar-refractivity contribution in [2.24, 2.45) is 5.73 Å². The van der Waals surface area contributed by atoms with E-state index >= 15 is 0 Å². The molecular formula is C28H28Cl2FN5O2. The van der Waals surface area contributed by atoms with Crippen molar-refractivity contribution >= 4 is 45.8 Å². The number of hydrogen-bond donors (Lipinski definition) is 3. The number of fused-ring (bicyclic) bond motifs is 3. The lowest BCUT2D eigenvalue weighted by atomic mass is 9.98. The monoisotopic (exact) mass is 555 g/mol. The van der Waals surface area contributed by atoms with E-state index in [-0.39, 0.29) is 16.7 Å². The van der Waals surface area contributed by atoms with Crippen LogP contribution in [0.5, 0.6) is 5.75 Å². The molecule has 0 saturated carbocycles. The van der Waals surface area contributed by atoms with E-state index in [2.05, 4.69) is 16.0 Å². The molecule has 5 N–H and O–H groups in total. The summed E-state index contributed by atoms with van der Waals surface area (Å²) in [5.41, 5.74) is 16.5. The standard InChI is InChI=1S/C28H28Cl2FN5O2/c1-14(24-19(29)5-6-20(31)25(24)30)38-23-11-16(12-34-26(23)32)15-4-7-21-17(10-15)18-13-36(9-8-22(18)35-21)27(37)28(2,3)33/h4-7,10-12,14,35H,8-9,13,33H2,1-3H3,(H2,32,34)/t14-/m1/s1. The van der Waals surface area contributed by atoms with Crippen molar-refractivity contribution < 1.29 is 13.9 Å². The van der Waals surface area contributed by atoms with E-state index in [4.69, 9.17) is 39.4 Å². The second-order valence-electron chi connectivity index (χ2n) is 10.2. The van der Waals surface area contributed by atoms with Gasteiger partial charge < -0.3 is 26.1 Å². The molecule has 198 valence electrons. The molecule has 2 aromatic heterocycles. The van der Waals surface area contributed by atoms with Crippen LogP contribution in [0.15, 0.2) is 42.6 Å². The van der Waals surface area contributed by atoms with Crippen molar-refractivity contribution in [2.45, 2.75) is 45.4 Å². The van der Waals surface area contributed by atoms with Gasteiger partial charge in [0.05, 0.1) is 10.6 Å². The van der Waals surface area contributed by atoms with Crippen LogP contribution in [0.3, 0.4) is 0 Å². The number of carbonyl (C=O) groups is 1. The van der Waals surface area contributed by atoms with E-state index < -0.39 is 17.5 Å². The minimum atomic E-state index is -0.933. The Balaban J connectivity index is 1.47. The zero-order valence-electron chi connectivity index (χ0n) is 21.2. The third kappa shape index (κ3) is 4.79. The molecule has 5 rings (SSSR count). The highest BCUT2D eigenvalue weighted by atomic mass is 35.5. The van der Waals surface area contributed by atoms with Crippen molar-refractivity contribution in [3.63, 3.8) is 0 Å². The summed E-state index contributed by atoms with van der Waals surface area (Å²) in [5.74, 6) is -0.155. The molecule has 10 heteroatoms. The normalized spacial score (nSPS) is 14.4. The van der Waals surface area contributed by atoms with Crippen molar-refractivity contribution in [2.75, 3.05) is 12.3 Å². The Bertz CT molecular complexity index is 1560. The van der Waals surface area contributed by atoms with Crippen LogP contribution in [-0.4, -0.2) is 32.9 Å². The SMILES string of the molecule is C[C@@H](Oc1cc(-c2ccc3[nH]c4c(c3c2)CN(C(=O)C(C)(C)N)CC4)cnc1N)c1c(Cl)ccc(F)c1Cl. The molecule has 3 heterocycles. The van der Waals surface area contributed by atoms with Crippen LogP contribution in [0.1, 0.15) is 43.7 Å². The summed E-state index contributed by atoms with van der Waals surface area (Å²) in [6, 6.07) is 10.5. The Hall–Kier alpha value is -3.33. The van der Waals surface area contributed by atoms with Crippen molar-refractivity contribution in [3.8, 4) is 16.9 Å². The van der Waals surface area contributed by atoms with Crippen LogP contribution >= 0.6 is 23.2 Å². The lowest BCUT2D eigenvalue weighted by Gasteiger charge is -2.32. The molecule has 1 aliphatic heterocycles. The number of aromatic amines is 1. The maximum absolute atomic E-state index is 14.1. The van der Waals surface area contributed by atoms with Crippen molar-refractivity contribution in [3.05, 3.63) is 75.3 Å². The fourth-order valence-corrected chi connectivity index (χ4v) is 5.52. The molecule has 0 unspecified atom stereocenters. The van der Waals surface area contributed by atoms with E-state index in [1.807, 2.05) is 17.0 Å². The van der Waals surface area contributed by atoms with Gasteiger partial charge in [-0.3, -0.25) is 4.79 Å². The lowest BCUT2D eigenvalue weighted by molar-refractivity contribution is -0.136. The van der Waals surface area contributed by atoms with Gasteiger partial charge in [0.25, 0.3) is 0 Å². The topological polar surface area (TPSA) is 110 Å². The summed E-state index contributed by atoms with van der Waals surface area (Å²) in [5, 5.41) is 1.22. The number of halogens is 3. The van der Waals surface area contributed by atoms with Crippen molar-refractivity contribution in [1.29, 1.82) is 0 Å². The molecule has 4 aromatic rings. The zero-order valence-corrected chi connectivity index (χ0v) is 22.8. The molecule has 0 radical (unpaired) electrons. The first kappa shape index (κ1) is 26.3. The predicted molar refractivity (Wildman–Crippen MR) is 149 cm³/mol. The average Bonchev–Trinajstić information content (AvgIpc) is 3.24. The third-order valence-electron chi connectivity index (χ3n) is 6.82. The number of nitrogens with zero attached hydrogens (tertiary/aromatic N) is 2. The summed E-state index contributed by atoms with van der Waals surface area (Å²) in [6.45, 7) is 6.27. The van der Waals surface area contributed by atoms with E-state index in [1.165, 1.54) is 12.1 Å².